The Labute approximate surface area is 110 Å². The Kier molecular flexibility index (Phi) is 4.21. The van der Waals surface area contributed by atoms with E-state index in [1.807, 2.05) is 24.3 Å². The molecule has 0 spiro atoms. The van der Waals surface area contributed by atoms with Crippen molar-refractivity contribution >= 4 is 21.9 Å². The molecule has 1 aliphatic carbocycles. The van der Waals surface area contributed by atoms with Crippen LogP contribution in [-0.2, 0) is 9.53 Å². The second kappa shape index (κ2) is 5.67. The summed E-state index contributed by atoms with van der Waals surface area (Å²) >= 11 is 3.46. The van der Waals surface area contributed by atoms with Crippen molar-refractivity contribution in [2.75, 3.05) is 7.11 Å². The second-order valence-corrected chi connectivity index (χ2v) is 5.52. The predicted molar refractivity (Wildman–Crippen MR) is 70.9 cm³/mol. The summed E-state index contributed by atoms with van der Waals surface area (Å²) in [7, 11) is 1.47. The van der Waals surface area contributed by atoms with E-state index in [2.05, 4.69) is 15.9 Å². The number of esters is 1. The maximum absolute atomic E-state index is 12.0. The molecule has 3 heteroatoms. The summed E-state index contributed by atoms with van der Waals surface area (Å²) in [6, 6.07) is 8.00. The third-order valence-electron chi connectivity index (χ3n) is 3.53. The molecule has 2 rings (SSSR count). The van der Waals surface area contributed by atoms with E-state index in [9.17, 15) is 4.79 Å². The normalized spacial score (nSPS) is 18.0. The van der Waals surface area contributed by atoms with Crippen molar-refractivity contribution in [2.45, 2.75) is 31.6 Å². The van der Waals surface area contributed by atoms with Gasteiger partial charge in [-0.3, -0.25) is 4.79 Å². The molecule has 1 aromatic rings. The number of benzene rings is 1. The fraction of sp³-hybridized carbons (Fsp3) is 0.500. The molecule has 0 aliphatic heterocycles. The van der Waals surface area contributed by atoms with Gasteiger partial charge in [0.25, 0.3) is 0 Å². The van der Waals surface area contributed by atoms with Crippen LogP contribution in [0.1, 0.15) is 37.2 Å². The van der Waals surface area contributed by atoms with Gasteiger partial charge >= 0.3 is 5.97 Å². The van der Waals surface area contributed by atoms with E-state index < -0.39 is 0 Å². The Morgan fingerprint density at radius 2 is 2.12 bits per heavy atom. The Hall–Kier alpha value is -0.830. The van der Waals surface area contributed by atoms with Crippen LogP contribution in [-0.4, -0.2) is 13.1 Å². The maximum Gasteiger partial charge on any atom is 0.313 e. The van der Waals surface area contributed by atoms with E-state index in [1.165, 1.54) is 20.0 Å². The van der Waals surface area contributed by atoms with Gasteiger partial charge in [0.05, 0.1) is 13.0 Å². The monoisotopic (exact) mass is 296 g/mol. The van der Waals surface area contributed by atoms with Crippen LogP contribution < -0.4 is 0 Å². The van der Waals surface area contributed by atoms with Crippen LogP contribution in [0.2, 0.25) is 0 Å². The largest absolute Gasteiger partial charge is 0.469 e. The van der Waals surface area contributed by atoms with Crippen LogP contribution in [0.25, 0.3) is 0 Å². The minimum absolute atomic E-state index is 0.0972. The second-order valence-electron chi connectivity index (χ2n) is 4.60. The Bertz CT molecular complexity index is 397. The first-order valence-corrected chi connectivity index (χ1v) is 6.85. The molecule has 1 saturated carbocycles. The van der Waals surface area contributed by atoms with E-state index in [1.54, 1.807) is 0 Å². The van der Waals surface area contributed by atoms with Gasteiger partial charge in [-0.05, 0) is 36.5 Å². The Balaban J connectivity index is 2.29. The first-order chi connectivity index (χ1) is 8.22. The minimum atomic E-state index is -0.102. The molecular formula is C14H17BrO2. The van der Waals surface area contributed by atoms with Gasteiger partial charge in [0.1, 0.15) is 0 Å². The molecule has 0 unspecified atom stereocenters. The number of carbonyl (C=O) groups is 1. The third kappa shape index (κ3) is 2.89. The van der Waals surface area contributed by atoms with Gasteiger partial charge in [-0.15, -0.1) is 0 Å². The number of carbonyl (C=O) groups excluding carboxylic acids is 1. The van der Waals surface area contributed by atoms with Gasteiger partial charge in [0, 0.05) is 4.47 Å². The number of ether oxygens (including phenoxy) is 1. The van der Waals surface area contributed by atoms with Crippen molar-refractivity contribution in [3.05, 3.63) is 34.3 Å². The highest BCUT2D eigenvalue weighted by Gasteiger charge is 2.32. The lowest BCUT2D eigenvalue weighted by Gasteiger charge is -2.21. The zero-order valence-electron chi connectivity index (χ0n) is 9.99. The molecule has 0 aromatic heterocycles. The lowest BCUT2D eigenvalue weighted by Crippen LogP contribution is -2.21. The zero-order valence-corrected chi connectivity index (χ0v) is 11.6. The van der Waals surface area contributed by atoms with Crippen molar-refractivity contribution in [3.8, 4) is 0 Å². The van der Waals surface area contributed by atoms with E-state index in [4.69, 9.17) is 4.74 Å². The van der Waals surface area contributed by atoms with Crippen molar-refractivity contribution in [1.29, 1.82) is 0 Å². The van der Waals surface area contributed by atoms with Crippen LogP contribution in [0.3, 0.4) is 0 Å². The van der Waals surface area contributed by atoms with Crippen LogP contribution in [0, 0.1) is 5.92 Å². The zero-order chi connectivity index (χ0) is 12.3. The van der Waals surface area contributed by atoms with Crippen molar-refractivity contribution < 1.29 is 9.53 Å². The molecule has 92 valence electrons. The molecule has 1 aliphatic rings. The van der Waals surface area contributed by atoms with Gasteiger partial charge in [0.2, 0.25) is 0 Å². The smallest absolute Gasteiger partial charge is 0.313 e. The first kappa shape index (κ1) is 12.6. The molecular weight excluding hydrogens is 280 g/mol. The van der Waals surface area contributed by atoms with Crippen LogP contribution in [0.15, 0.2) is 28.7 Å². The number of rotatable bonds is 3. The maximum atomic E-state index is 12.0. The van der Waals surface area contributed by atoms with Crippen molar-refractivity contribution in [1.82, 2.24) is 0 Å². The summed E-state index contributed by atoms with van der Waals surface area (Å²) in [5, 5.41) is 0. The van der Waals surface area contributed by atoms with Crippen molar-refractivity contribution in [2.24, 2.45) is 5.92 Å². The number of methoxy groups -OCH3 is 1. The highest BCUT2D eigenvalue weighted by atomic mass is 79.9. The lowest BCUT2D eigenvalue weighted by molar-refractivity contribution is -0.143. The quantitative estimate of drug-likeness (QED) is 0.791. The van der Waals surface area contributed by atoms with Crippen LogP contribution in [0.5, 0.6) is 0 Å². The van der Waals surface area contributed by atoms with Gasteiger partial charge in [-0.2, -0.15) is 0 Å². The number of hydrogen-bond donors (Lipinski definition) is 0. The fourth-order valence-electron chi connectivity index (χ4n) is 2.72. The van der Waals surface area contributed by atoms with E-state index in [-0.39, 0.29) is 11.9 Å². The van der Waals surface area contributed by atoms with E-state index in [0.717, 1.165) is 22.9 Å². The van der Waals surface area contributed by atoms with E-state index >= 15 is 0 Å². The standard InChI is InChI=1S/C14H17BrO2/c1-17-14(16)13(10-5-2-3-6-10)11-7-4-8-12(15)9-11/h4,7-10,13H,2-3,5-6H2,1H3/t13-/m0/s1. The van der Waals surface area contributed by atoms with Gasteiger partial charge in [-0.1, -0.05) is 40.9 Å². The summed E-state index contributed by atoms with van der Waals surface area (Å²) in [6.45, 7) is 0. The lowest BCUT2D eigenvalue weighted by atomic mass is 9.85. The summed E-state index contributed by atoms with van der Waals surface area (Å²) in [6.07, 6.45) is 4.72. The Morgan fingerprint density at radius 3 is 2.71 bits per heavy atom. The molecule has 1 fully saturated rings. The van der Waals surface area contributed by atoms with Gasteiger partial charge in [-0.25, -0.2) is 0 Å². The van der Waals surface area contributed by atoms with Gasteiger partial charge in [0.15, 0.2) is 0 Å². The fourth-order valence-corrected chi connectivity index (χ4v) is 3.14. The molecule has 1 aromatic carbocycles. The van der Waals surface area contributed by atoms with Crippen LogP contribution in [0.4, 0.5) is 0 Å². The van der Waals surface area contributed by atoms with Crippen molar-refractivity contribution in [3.63, 3.8) is 0 Å². The first-order valence-electron chi connectivity index (χ1n) is 6.05. The summed E-state index contributed by atoms with van der Waals surface area (Å²) in [5.41, 5.74) is 1.07. The van der Waals surface area contributed by atoms with E-state index in [0.29, 0.717) is 5.92 Å². The molecule has 0 N–H and O–H groups in total. The molecule has 0 bridgehead atoms. The average molecular weight is 297 g/mol. The molecule has 0 heterocycles. The summed E-state index contributed by atoms with van der Waals surface area (Å²) in [5.74, 6) is 0.242. The molecule has 2 nitrogen and oxygen atoms in total. The topological polar surface area (TPSA) is 26.3 Å². The number of hydrogen-bond acceptors (Lipinski definition) is 2. The molecule has 0 saturated heterocycles. The molecule has 0 radical (unpaired) electrons. The molecule has 0 amide bonds. The number of halogens is 1. The van der Waals surface area contributed by atoms with Gasteiger partial charge < -0.3 is 4.74 Å². The molecule has 1 atom stereocenters. The average Bonchev–Trinajstić information content (AvgIpc) is 2.83. The summed E-state index contributed by atoms with van der Waals surface area (Å²) < 4.78 is 5.98. The highest BCUT2D eigenvalue weighted by molar-refractivity contribution is 9.10. The predicted octanol–water partition coefficient (Wildman–Crippen LogP) is 3.90. The summed E-state index contributed by atoms with van der Waals surface area (Å²) in [4.78, 5) is 12.0. The third-order valence-corrected chi connectivity index (χ3v) is 4.03. The SMILES string of the molecule is COC(=O)[C@H](c1cccc(Br)c1)C1CCCC1. The molecule has 17 heavy (non-hydrogen) atoms. The minimum Gasteiger partial charge on any atom is -0.469 e. The van der Waals surface area contributed by atoms with Crippen LogP contribution >= 0.6 is 15.9 Å². The Morgan fingerprint density at radius 1 is 1.41 bits per heavy atom. The highest BCUT2D eigenvalue weighted by Crippen LogP contribution is 2.38.